The van der Waals surface area contributed by atoms with Gasteiger partial charge in [-0.3, -0.25) is 4.79 Å². The van der Waals surface area contributed by atoms with Crippen molar-refractivity contribution in [2.75, 3.05) is 43.4 Å². The third kappa shape index (κ3) is 4.85. The number of carboxylic acid groups (broad SMARTS) is 1. The Balaban J connectivity index is 1.49. The number of benzene rings is 2. The zero-order valence-electron chi connectivity index (χ0n) is 20.2. The second-order valence-corrected chi connectivity index (χ2v) is 9.78. The summed E-state index contributed by atoms with van der Waals surface area (Å²) < 4.78 is 1.71. The van der Waals surface area contributed by atoms with E-state index in [1.807, 2.05) is 0 Å². The third-order valence-corrected chi connectivity index (χ3v) is 7.10. The molecule has 4 aromatic rings. The van der Waals surface area contributed by atoms with Crippen molar-refractivity contribution in [3.8, 4) is 11.1 Å². The lowest BCUT2D eigenvalue weighted by molar-refractivity contribution is 0.0697. The van der Waals surface area contributed by atoms with E-state index in [0.29, 0.717) is 43.6 Å². The van der Waals surface area contributed by atoms with Crippen molar-refractivity contribution in [1.82, 2.24) is 19.4 Å². The van der Waals surface area contributed by atoms with Gasteiger partial charge in [0.15, 0.2) is 0 Å². The second-order valence-electron chi connectivity index (χ2n) is 8.96. The molecule has 2 N–H and O–H groups in total. The lowest BCUT2D eigenvalue weighted by atomic mass is 10.1. The van der Waals surface area contributed by atoms with Gasteiger partial charge in [0.1, 0.15) is 5.65 Å². The van der Waals surface area contributed by atoms with Crippen molar-refractivity contribution in [1.29, 1.82) is 0 Å². The van der Waals surface area contributed by atoms with Gasteiger partial charge in [0.05, 0.1) is 26.7 Å². The van der Waals surface area contributed by atoms with Crippen LogP contribution in [-0.2, 0) is 7.05 Å². The zero-order chi connectivity index (χ0) is 26.3. The highest BCUT2D eigenvalue weighted by Crippen LogP contribution is 2.33. The maximum atomic E-state index is 13.3. The molecular formula is C26H24Cl2N6O3. The number of aromatic carboxylic acids is 1. The van der Waals surface area contributed by atoms with Crippen LogP contribution in [0.4, 0.5) is 17.3 Å². The highest BCUT2D eigenvalue weighted by Gasteiger charge is 2.21. The smallest absolute Gasteiger partial charge is 0.337 e. The van der Waals surface area contributed by atoms with E-state index in [4.69, 9.17) is 23.2 Å². The summed E-state index contributed by atoms with van der Waals surface area (Å²) in [6, 6.07) is 10.2. The van der Waals surface area contributed by atoms with Gasteiger partial charge in [0, 0.05) is 62.4 Å². The molecule has 0 unspecified atom stereocenters. The van der Waals surface area contributed by atoms with E-state index >= 15 is 0 Å². The molecule has 0 amide bonds. The average Bonchev–Trinajstić information content (AvgIpc) is 2.87. The summed E-state index contributed by atoms with van der Waals surface area (Å²) in [4.78, 5) is 38.4. The molecule has 0 bridgehead atoms. The van der Waals surface area contributed by atoms with Crippen LogP contribution in [0.2, 0.25) is 10.0 Å². The molecule has 3 heterocycles. The van der Waals surface area contributed by atoms with Crippen molar-refractivity contribution in [2.24, 2.45) is 7.05 Å². The minimum absolute atomic E-state index is 0.198. The van der Waals surface area contributed by atoms with Crippen LogP contribution in [0.5, 0.6) is 0 Å². The van der Waals surface area contributed by atoms with Crippen LogP contribution in [0.15, 0.2) is 53.6 Å². The Morgan fingerprint density at radius 2 is 1.76 bits per heavy atom. The van der Waals surface area contributed by atoms with Crippen LogP contribution in [-0.4, -0.2) is 63.7 Å². The third-order valence-electron chi connectivity index (χ3n) is 6.47. The van der Waals surface area contributed by atoms with Gasteiger partial charge >= 0.3 is 5.97 Å². The molecule has 0 spiro atoms. The number of nitrogens with zero attached hydrogens (tertiary/aromatic N) is 5. The molecule has 0 radical (unpaired) electrons. The Morgan fingerprint density at radius 1 is 1.05 bits per heavy atom. The van der Waals surface area contributed by atoms with Crippen molar-refractivity contribution >= 4 is 57.5 Å². The number of aromatic nitrogens is 3. The molecule has 0 aliphatic carbocycles. The molecule has 1 aliphatic heterocycles. The predicted molar refractivity (Wildman–Crippen MR) is 147 cm³/mol. The monoisotopic (exact) mass is 538 g/mol. The summed E-state index contributed by atoms with van der Waals surface area (Å²) in [7, 11) is 3.81. The Hall–Kier alpha value is -3.66. The quantitative estimate of drug-likeness (QED) is 0.382. The topological polar surface area (TPSA) is 104 Å². The SMILES string of the molecule is CN1CCN(c2ccc(Nc3ncc4c(=O)c(-c5c(Cl)cccc5Cl)cn(C)c4n3)cc2C(=O)O)CC1. The van der Waals surface area contributed by atoms with Gasteiger partial charge in [0.25, 0.3) is 0 Å². The maximum absolute atomic E-state index is 13.3. The Bertz CT molecular complexity index is 1560. The normalized spacial score (nSPS) is 14.2. The maximum Gasteiger partial charge on any atom is 0.337 e. The number of likely N-dealkylation sites (N-methyl/N-ethyl adjacent to an activating group) is 1. The molecule has 5 rings (SSSR count). The van der Waals surface area contributed by atoms with Crippen LogP contribution in [0, 0.1) is 0 Å². The Kier molecular flexibility index (Phi) is 6.76. The number of piperazine rings is 1. The first-order valence-corrected chi connectivity index (χ1v) is 12.4. The molecule has 2 aromatic carbocycles. The number of rotatable bonds is 5. The van der Waals surface area contributed by atoms with Gasteiger partial charge in [-0.2, -0.15) is 4.98 Å². The fraction of sp³-hybridized carbons (Fsp3) is 0.231. The molecule has 37 heavy (non-hydrogen) atoms. The van der Waals surface area contributed by atoms with Gasteiger partial charge < -0.3 is 24.8 Å². The summed E-state index contributed by atoms with van der Waals surface area (Å²) in [5.41, 5.74) is 2.32. The van der Waals surface area contributed by atoms with Crippen LogP contribution in [0.1, 0.15) is 10.4 Å². The molecule has 0 saturated carbocycles. The van der Waals surface area contributed by atoms with Gasteiger partial charge in [-0.25, -0.2) is 9.78 Å². The summed E-state index contributed by atoms with van der Waals surface area (Å²) in [6.45, 7) is 3.25. The number of carboxylic acids is 1. The molecule has 1 fully saturated rings. The summed E-state index contributed by atoms with van der Waals surface area (Å²) in [5.74, 6) is -0.778. The fourth-order valence-electron chi connectivity index (χ4n) is 4.49. The summed E-state index contributed by atoms with van der Waals surface area (Å²) in [5, 5.41) is 14.0. The lowest BCUT2D eigenvalue weighted by Gasteiger charge is -2.34. The number of fused-ring (bicyclic) bond motifs is 1. The van der Waals surface area contributed by atoms with Crippen LogP contribution in [0.3, 0.4) is 0 Å². The molecule has 0 atom stereocenters. The van der Waals surface area contributed by atoms with Crippen molar-refractivity contribution < 1.29 is 9.90 Å². The largest absolute Gasteiger partial charge is 0.478 e. The number of pyridine rings is 1. The first-order valence-electron chi connectivity index (χ1n) is 11.6. The number of nitrogens with one attached hydrogen (secondary N) is 1. The van der Waals surface area contributed by atoms with E-state index in [2.05, 4.69) is 32.1 Å². The number of anilines is 3. The molecule has 1 saturated heterocycles. The van der Waals surface area contributed by atoms with E-state index in [0.717, 1.165) is 26.2 Å². The Morgan fingerprint density at radius 3 is 2.43 bits per heavy atom. The van der Waals surface area contributed by atoms with E-state index in [1.165, 1.54) is 6.20 Å². The van der Waals surface area contributed by atoms with Crippen molar-refractivity contribution in [3.63, 3.8) is 0 Å². The number of hydrogen-bond donors (Lipinski definition) is 2. The van der Waals surface area contributed by atoms with Crippen molar-refractivity contribution in [2.45, 2.75) is 0 Å². The minimum atomic E-state index is -1.01. The van der Waals surface area contributed by atoms with Gasteiger partial charge in [-0.15, -0.1) is 0 Å². The summed E-state index contributed by atoms with van der Waals surface area (Å²) in [6.07, 6.45) is 3.08. The molecule has 11 heteroatoms. The summed E-state index contributed by atoms with van der Waals surface area (Å²) >= 11 is 12.7. The number of aryl methyl sites for hydroxylation is 1. The second kappa shape index (κ2) is 10.0. The van der Waals surface area contributed by atoms with Crippen LogP contribution >= 0.6 is 23.2 Å². The Labute approximate surface area is 222 Å². The number of hydrogen-bond acceptors (Lipinski definition) is 7. The highest BCUT2D eigenvalue weighted by molar-refractivity contribution is 6.39. The molecular weight excluding hydrogens is 515 g/mol. The first kappa shape index (κ1) is 25.0. The standard InChI is InChI=1S/C26H24Cl2N6O3/c1-32-8-10-34(11-9-32)21-7-6-15(12-16(21)25(36)37)30-26-29-13-17-23(35)18(14-33(2)24(17)31-26)22-19(27)4-3-5-20(22)28/h3-7,12-14H,8-11H2,1-2H3,(H,36,37)(H,29,30,31). The number of halogens is 2. The van der Waals surface area contributed by atoms with Gasteiger partial charge in [-0.05, 0) is 37.4 Å². The molecule has 1 aliphatic rings. The van der Waals surface area contributed by atoms with E-state index in [9.17, 15) is 14.7 Å². The van der Waals surface area contributed by atoms with E-state index in [-0.39, 0.29) is 16.9 Å². The van der Waals surface area contributed by atoms with Gasteiger partial charge in [-0.1, -0.05) is 29.3 Å². The molecule has 2 aromatic heterocycles. The van der Waals surface area contributed by atoms with Gasteiger partial charge in [0.2, 0.25) is 11.4 Å². The molecule has 190 valence electrons. The zero-order valence-corrected chi connectivity index (χ0v) is 21.7. The predicted octanol–water partition coefficient (Wildman–Crippen LogP) is 4.50. The molecule has 9 nitrogen and oxygen atoms in total. The van der Waals surface area contributed by atoms with Crippen LogP contribution in [0.25, 0.3) is 22.2 Å². The average molecular weight is 539 g/mol. The van der Waals surface area contributed by atoms with Crippen molar-refractivity contribution in [3.05, 3.63) is 74.6 Å². The minimum Gasteiger partial charge on any atom is -0.478 e. The lowest BCUT2D eigenvalue weighted by Crippen LogP contribution is -2.45. The fourth-order valence-corrected chi connectivity index (χ4v) is 5.09. The van der Waals surface area contributed by atoms with Crippen LogP contribution < -0.4 is 15.6 Å². The van der Waals surface area contributed by atoms with E-state index in [1.54, 1.807) is 54.2 Å². The highest BCUT2D eigenvalue weighted by atomic mass is 35.5. The first-order chi connectivity index (χ1) is 17.7. The van der Waals surface area contributed by atoms with E-state index < -0.39 is 5.97 Å². The number of carbonyl (C=O) groups is 1.